The van der Waals surface area contributed by atoms with E-state index in [1.807, 2.05) is 37.3 Å². The average Bonchev–Trinajstić information content (AvgIpc) is 3.15. The van der Waals surface area contributed by atoms with Gasteiger partial charge in [0.15, 0.2) is 5.69 Å². The largest absolute Gasteiger partial charge is 0.418 e. The van der Waals surface area contributed by atoms with Crippen molar-refractivity contribution in [2.45, 2.75) is 44.9 Å². The lowest BCUT2D eigenvalue weighted by molar-refractivity contribution is -0.140. The Balaban J connectivity index is 1.66. The van der Waals surface area contributed by atoms with Gasteiger partial charge >= 0.3 is 6.18 Å². The quantitative estimate of drug-likeness (QED) is 0.586. The van der Waals surface area contributed by atoms with E-state index in [0.717, 1.165) is 24.6 Å². The van der Waals surface area contributed by atoms with Gasteiger partial charge in [0.05, 0.1) is 11.6 Å². The Labute approximate surface area is 195 Å². The van der Waals surface area contributed by atoms with E-state index < -0.39 is 17.8 Å². The highest BCUT2D eigenvalue weighted by Crippen LogP contribution is 2.55. The zero-order chi connectivity index (χ0) is 24.4. The molecule has 2 bridgehead atoms. The number of anilines is 1. The van der Waals surface area contributed by atoms with E-state index in [1.54, 1.807) is 29.7 Å². The molecule has 3 aromatic rings. The van der Waals surface area contributed by atoms with E-state index >= 15 is 0 Å². The number of pyridine rings is 1. The Morgan fingerprint density at radius 3 is 2.50 bits per heavy atom. The molecule has 2 N–H and O–H groups in total. The van der Waals surface area contributed by atoms with Gasteiger partial charge in [-0.1, -0.05) is 37.3 Å². The SMILES string of the molecule is Cc1c(N)ncc(C(F)(F)F)c1[C@H]1[C@H](C)C2CC(C2)N1C(=O)c1nn(C)cc1-c1ccccc1. The first-order valence-corrected chi connectivity index (χ1v) is 11.3. The molecule has 3 fully saturated rings. The van der Waals surface area contributed by atoms with Crippen LogP contribution in [0, 0.1) is 18.8 Å². The highest BCUT2D eigenvalue weighted by atomic mass is 19.4. The summed E-state index contributed by atoms with van der Waals surface area (Å²) < 4.78 is 43.8. The van der Waals surface area contributed by atoms with Crippen LogP contribution in [0.2, 0.25) is 0 Å². The number of alkyl halides is 3. The molecular weight excluding hydrogens is 443 g/mol. The number of hydrogen-bond donors (Lipinski definition) is 1. The number of carbonyl (C=O) groups is 1. The van der Waals surface area contributed by atoms with Gasteiger partial charge < -0.3 is 10.6 Å². The van der Waals surface area contributed by atoms with Crippen molar-refractivity contribution < 1.29 is 18.0 Å². The number of aryl methyl sites for hydroxylation is 1. The second-order valence-corrected chi connectivity index (χ2v) is 9.43. The molecule has 1 aromatic carbocycles. The highest BCUT2D eigenvalue weighted by molar-refractivity contribution is 5.99. The molecule has 1 aliphatic carbocycles. The third kappa shape index (κ3) is 3.45. The van der Waals surface area contributed by atoms with E-state index in [2.05, 4.69) is 10.1 Å². The normalized spacial score (nSPS) is 24.1. The second kappa shape index (κ2) is 7.85. The van der Waals surface area contributed by atoms with Crippen molar-refractivity contribution in [3.63, 3.8) is 0 Å². The molecule has 6 rings (SSSR count). The van der Waals surface area contributed by atoms with Crippen LogP contribution in [0.15, 0.2) is 42.7 Å². The monoisotopic (exact) mass is 469 g/mol. The molecule has 2 saturated heterocycles. The summed E-state index contributed by atoms with van der Waals surface area (Å²) in [5.74, 6) is -0.224. The number of nitrogens with zero attached hydrogens (tertiary/aromatic N) is 4. The van der Waals surface area contributed by atoms with Crippen molar-refractivity contribution >= 4 is 11.7 Å². The summed E-state index contributed by atoms with van der Waals surface area (Å²) in [6, 6.07) is 8.50. The van der Waals surface area contributed by atoms with Gasteiger partial charge in [-0.15, -0.1) is 0 Å². The molecule has 2 aliphatic heterocycles. The van der Waals surface area contributed by atoms with Crippen molar-refractivity contribution in [1.29, 1.82) is 0 Å². The van der Waals surface area contributed by atoms with Crippen LogP contribution in [-0.2, 0) is 13.2 Å². The van der Waals surface area contributed by atoms with Gasteiger partial charge in [0, 0.05) is 31.0 Å². The van der Waals surface area contributed by atoms with Crippen LogP contribution in [0.1, 0.15) is 53.0 Å². The number of halogens is 3. The van der Waals surface area contributed by atoms with E-state index in [9.17, 15) is 18.0 Å². The topological polar surface area (TPSA) is 77.0 Å². The van der Waals surface area contributed by atoms with E-state index in [-0.39, 0.29) is 46.4 Å². The third-order valence-corrected chi connectivity index (χ3v) is 7.45. The number of aromatic nitrogens is 3. The van der Waals surface area contributed by atoms with Crippen LogP contribution < -0.4 is 5.73 Å². The van der Waals surface area contributed by atoms with E-state index in [1.165, 1.54) is 0 Å². The summed E-state index contributed by atoms with van der Waals surface area (Å²) in [4.78, 5) is 19.5. The van der Waals surface area contributed by atoms with Crippen LogP contribution in [0.25, 0.3) is 11.1 Å². The lowest BCUT2D eigenvalue weighted by Gasteiger charge is -2.57. The summed E-state index contributed by atoms with van der Waals surface area (Å²) in [6.07, 6.45) is -0.498. The molecule has 0 unspecified atom stereocenters. The predicted octanol–water partition coefficient (Wildman–Crippen LogP) is 5.00. The van der Waals surface area contributed by atoms with Gasteiger partial charge in [-0.05, 0) is 48.3 Å². The Hall–Kier alpha value is -3.36. The molecule has 0 radical (unpaired) electrons. The Bertz CT molecular complexity index is 1250. The smallest absolute Gasteiger partial charge is 0.383 e. The first-order chi connectivity index (χ1) is 16.1. The molecule has 2 atom stereocenters. The third-order valence-electron chi connectivity index (χ3n) is 7.45. The summed E-state index contributed by atoms with van der Waals surface area (Å²) in [7, 11) is 1.73. The standard InChI is InChI=1S/C25H26F3N5O/c1-13-16-9-17(10-16)33(22(13)20-14(2)23(29)30-11-19(20)25(26,27)28)24(34)21-18(12-32(3)31-21)15-7-5-4-6-8-15/h4-8,11-13,16-17,22H,9-10H2,1-3H3,(H2,29,30)/t13-,16?,17?,22-/m1/s1. The number of carbonyl (C=O) groups excluding carboxylic acids is 1. The predicted molar refractivity (Wildman–Crippen MR) is 122 cm³/mol. The Kier molecular flexibility index (Phi) is 5.18. The van der Waals surface area contributed by atoms with Gasteiger partial charge in [0.2, 0.25) is 0 Å². The Morgan fingerprint density at radius 2 is 1.85 bits per heavy atom. The lowest BCUT2D eigenvalue weighted by atomic mass is 9.62. The van der Waals surface area contributed by atoms with Gasteiger partial charge in [-0.2, -0.15) is 18.3 Å². The molecule has 34 heavy (non-hydrogen) atoms. The Morgan fingerprint density at radius 1 is 1.18 bits per heavy atom. The maximum Gasteiger partial charge on any atom is 0.418 e. The molecule has 6 nitrogen and oxygen atoms in total. The minimum absolute atomic E-state index is 0.0460. The second-order valence-electron chi connectivity index (χ2n) is 9.43. The van der Waals surface area contributed by atoms with Gasteiger partial charge in [-0.25, -0.2) is 4.98 Å². The number of amides is 1. The zero-order valence-electron chi connectivity index (χ0n) is 19.2. The van der Waals surface area contributed by atoms with Crippen molar-refractivity contribution in [2.24, 2.45) is 18.9 Å². The number of nitrogen functional groups attached to an aromatic ring is 1. The van der Waals surface area contributed by atoms with Gasteiger partial charge in [-0.3, -0.25) is 9.48 Å². The first kappa shape index (κ1) is 22.4. The number of fused-ring (bicyclic) bond motifs is 2. The van der Waals surface area contributed by atoms with Crippen molar-refractivity contribution in [1.82, 2.24) is 19.7 Å². The summed E-state index contributed by atoms with van der Waals surface area (Å²) in [5.41, 5.74) is 7.18. The van der Waals surface area contributed by atoms with E-state index in [0.29, 0.717) is 5.56 Å². The van der Waals surface area contributed by atoms with Crippen LogP contribution in [0.3, 0.4) is 0 Å². The maximum atomic E-state index is 14.1. The number of nitrogens with two attached hydrogens (primary N) is 1. The van der Waals surface area contributed by atoms with Crippen LogP contribution in [-0.4, -0.2) is 31.6 Å². The molecule has 9 heteroatoms. The zero-order valence-corrected chi connectivity index (χ0v) is 19.2. The minimum atomic E-state index is -4.61. The fourth-order valence-corrected chi connectivity index (χ4v) is 5.56. The van der Waals surface area contributed by atoms with Crippen molar-refractivity contribution in [2.75, 3.05) is 5.73 Å². The minimum Gasteiger partial charge on any atom is -0.383 e. The molecule has 1 saturated carbocycles. The highest BCUT2D eigenvalue weighted by Gasteiger charge is 2.54. The fraction of sp³-hybridized carbons (Fsp3) is 0.400. The molecule has 3 aliphatic rings. The van der Waals surface area contributed by atoms with Gasteiger partial charge in [0.1, 0.15) is 5.82 Å². The molecule has 2 aromatic heterocycles. The average molecular weight is 470 g/mol. The van der Waals surface area contributed by atoms with Crippen LogP contribution >= 0.6 is 0 Å². The fourth-order valence-electron chi connectivity index (χ4n) is 5.56. The first-order valence-electron chi connectivity index (χ1n) is 11.3. The summed E-state index contributed by atoms with van der Waals surface area (Å²) in [6.45, 7) is 3.48. The van der Waals surface area contributed by atoms with Crippen LogP contribution in [0.5, 0.6) is 0 Å². The molecular formula is C25H26F3N5O. The number of hydrogen-bond acceptors (Lipinski definition) is 4. The molecule has 1 amide bonds. The van der Waals surface area contributed by atoms with E-state index in [4.69, 9.17) is 5.73 Å². The number of benzene rings is 1. The van der Waals surface area contributed by atoms with Crippen molar-refractivity contribution in [3.05, 3.63) is 65.1 Å². The number of piperidine rings is 2. The van der Waals surface area contributed by atoms with Crippen molar-refractivity contribution in [3.8, 4) is 11.1 Å². The lowest BCUT2D eigenvalue weighted by Crippen LogP contribution is -2.59. The molecule has 4 heterocycles. The summed E-state index contributed by atoms with van der Waals surface area (Å²) in [5, 5.41) is 4.44. The molecule has 178 valence electrons. The number of rotatable bonds is 3. The summed E-state index contributed by atoms with van der Waals surface area (Å²) >= 11 is 0. The van der Waals surface area contributed by atoms with Crippen LogP contribution in [0.4, 0.5) is 19.0 Å². The van der Waals surface area contributed by atoms with Gasteiger partial charge in [0.25, 0.3) is 5.91 Å². The maximum absolute atomic E-state index is 14.1. The molecule has 0 spiro atoms.